The summed E-state index contributed by atoms with van der Waals surface area (Å²) in [5.74, 6) is 1.72. The minimum atomic E-state index is 0.630. The zero-order valence-corrected chi connectivity index (χ0v) is 11.2. The zero-order valence-electron chi connectivity index (χ0n) is 11.2. The van der Waals surface area contributed by atoms with Crippen molar-refractivity contribution in [1.82, 2.24) is 9.55 Å². The van der Waals surface area contributed by atoms with Gasteiger partial charge in [0.2, 0.25) is 5.95 Å². The molecular formula is C14H23N3O. The molecule has 4 nitrogen and oxygen atoms in total. The summed E-state index contributed by atoms with van der Waals surface area (Å²) in [6.45, 7) is 4.93. The van der Waals surface area contributed by atoms with Crippen LogP contribution in [-0.2, 0) is 11.3 Å². The SMILES string of the molecule is Cc1cn(CC2CCOC2)c(NC2CCCC2)n1. The number of hydrogen-bond acceptors (Lipinski definition) is 3. The molecule has 0 radical (unpaired) electrons. The van der Waals surface area contributed by atoms with Crippen molar-refractivity contribution in [3.05, 3.63) is 11.9 Å². The molecule has 0 spiro atoms. The molecule has 4 heteroatoms. The van der Waals surface area contributed by atoms with Crippen molar-refractivity contribution in [2.75, 3.05) is 18.5 Å². The molecule has 0 amide bonds. The van der Waals surface area contributed by atoms with E-state index >= 15 is 0 Å². The average molecular weight is 249 g/mol. The summed E-state index contributed by atoms with van der Waals surface area (Å²) < 4.78 is 7.74. The number of rotatable bonds is 4. The first-order valence-electron chi connectivity index (χ1n) is 7.19. The minimum absolute atomic E-state index is 0.630. The van der Waals surface area contributed by atoms with Gasteiger partial charge < -0.3 is 14.6 Å². The fraction of sp³-hybridized carbons (Fsp3) is 0.786. The molecule has 1 saturated carbocycles. The van der Waals surface area contributed by atoms with Crippen molar-refractivity contribution in [3.8, 4) is 0 Å². The quantitative estimate of drug-likeness (QED) is 0.891. The number of nitrogens with one attached hydrogen (secondary N) is 1. The lowest BCUT2D eigenvalue weighted by Gasteiger charge is -2.16. The first-order chi connectivity index (χ1) is 8.81. The van der Waals surface area contributed by atoms with Gasteiger partial charge in [-0.15, -0.1) is 0 Å². The highest BCUT2D eigenvalue weighted by Crippen LogP contribution is 2.23. The third-order valence-corrected chi connectivity index (χ3v) is 4.06. The van der Waals surface area contributed by atoms with Crippen LogP contribution in [0.25, 0.3) is 0 Å². The van der Waals surface area contributed by atoms with E-state index in [2.05, 4.69) is 28.0 Å². The highest BCUT2D eigenvalue weighted by molar-refractivity contribution is 5.30. The molecule has 2 fully saturated rings. The van der Waals surface area contributed by atoms with Crippen LogP contribution in [0.1, 0.15) is 37.8 Å². The number of imidazole rings is 1. The van der Waals surface area contributed by atoms with E-state index in [1.54, 1.807) is 0 Å². The van der Waals surface area contributed by atoms with Crippen LogP contribution in [0.5, 0.6) is 0 Å². The summed E-state index contributed by atoms with van der Waals surface area (Å²) in [4.78, 5) is 4.63. The molecule has 2 heterocycles. The standard InChI is InChI=1S/C14H23N3O/c1-11-8-17(9-12-6-7-18-10-12)14(15-11)16-13-4-2-3-5-13/h8,12-13H,2-7,9-10H2,1H3,(H,15,16). The Balaban J connectivity index is 1.67. The van der Waals surface area contributed by atoms with Gasteiger partial charge in [-0.2, -0.15) is 0 Å². The monoisotopic (exact) mass is 249 g/mol. The lowest BCUT2D eigenvalue weighted by molar-refractivity contribution is 0.182. The van der Waals surface area contributed by atoms with E-state index in [-0.39, 0.29) is 0 Å². The summed E-state index contributed by atoms with van der Waals surface area (Å²) >= 11 is 0. The highest BCUT2D eigenvalue weighted by atomic mass is 16.5. The molecule has 3 rings (SSSR count). The minimum Gasteiger partial charge on any atom is -0.381 e. The van der Waals surface area contributed by atoms with Crippen LogP contribution in [0, 0.1) is 12.8 Å². The Morgan fingerprint density at radius 1 is 1.39 bits per heavy atom. The van der Waals surface area contributed by atoms with Gasteiger partial charge in [0.15, 0.2) is 0 Å². The van der Waals surface area contributed by atoms with E-state index in [1.807, 2.05) is 0 Å². The van der Waals surface area contributed by atoms with Crippen LogP contribution >= 0.6 is 0 Å². The van der Waals surface area contributed by atoms with Gasteiger partial charge in [-0.3, -0.25) is 0 Å². The fourth-order valence-corrected chi connectivity index (χ4v) is 3.06. The number of ether oxygens (including phenoxy) is 1. The highest BCUT2D eigenvalue weighted by Gasteiger charge is 2.20. The molecule has 1 saturated heterocycles. The van der Waals surface area contributed by atoms with Crippen LogP contribution in [-0.4, -0.2) is 28.8 Å². The lowest BCUT2D eigenvalue weighted by Crippen LogP contribution is -2.20. The van der Waals surface area contributed by atoms with Crippen molar-refractivity contribution in [2.24, 2.45) is 5.92 Å². The molecule has 1 aromatic heterocycles. The topological polar surface area (TPSA) is 39.1 Å². The van der Waals surface area contributed by atoms with Crippen molar-refractivity contribution in [3.63, 3.8) is 0 Å². The fourth-order valence-electron chi connectivity index (χ4n) is 3.06. The van der Waals surface area contributed by atoms with Crippen LogP contribution in [0.3, 0.4) is 0 Å². The van der Waals surface area contributed by atoms with Gasteiger partial charge in [0.05, 0.1) is 12.3 Å². The molecule has 1 aromatic rings. The maximum atomic E-state index is 5.46. The van der Waals surface area contributed by atoms with Crippen molar-refractivity contribution < 1.29 is 4.74 Å². The molecule has 1 aliphatic carbocycles. The zero-order chi connectivity index (χ0) is 12.4. The second-order valence-electron chi connectivity index (χ2n) is 5.71. The Labute approximate surface area is 109 Å². The molecule has 0 bridgehead atoms. The number of anilines is 1. The summed E-state index contributed by atoms with van der Waals surface area (Å²) in [7, 11) is 0. The predicted octanol–water partition coefficient (Wildman–Crippen LogP) is 2.58. The van der Waals surface area contributed by atoms with Crippen LogP contribution in [0.15, 0.2) is 6.20 Å². The average Bonchev–Trinajstić information content (AvgIpc) is 3.03. The first-order valence-corrected chi connectivity index (χ1v) is 7.19. The second kappa shape index (κ2) is 5.31. The molecule has 1 aliphatic heterocycles. The van der Waals surface area contributed by atoms with Crippen molar-refractivity contribution >= 4 is 5.95 Å². The van der Waals surface area contributed by atoms with Gasteiger partial charge in [-0.1, -0.05) is 12.8 Å². The van der Waals surface area contributed by atoms with Gasteiger partial charge in [-0.25, -0.2) is 4.98 Å². The maximum Gasteiger partial charge on any atom is 0.203 e. The van der Waals surface area contributed by atoms with E-state index in [4.69, 9.17) is 4.74 Å². The number of aromatic nitrogens is 2. The summed E-state index contributed by atoms with van der Waals surface area (Å²) in [6.07, 6.45) is 8.63. The molecule has 1 atom stereocenters. The van der Waals surface area contributed by atoms with Crippen molar-refractivity contribution in [1.29, 1.82) is 0 Å². The normalized spacial score (nSPS) is 24.8. The Hall–Kier alpha value is -1.03. The van der Waals surface area contributed by atoms with Crippen LogP contribution < -0.4 is 5.32 Å². The predicted molar refractivity (Wildman–Crippen MR) is 71.8 cm³/mol. The van der Waals surface area contributed by atoms with E-state index in [0.29, 0.717) is 12.0 Å². The molecular weight excluding hydrogens is 226 g/mol. The molecule has 18 heavy (non-hydrogen) atoms. The van der Waals surface area contributed by atoms with Crippen LogP contribution in [0.2, 0.25) is 0 Å². The van der Waals surface area contributed by atoms with E-state index in [1.165, 1.54) is 32.1 Å². The van der Waals surface area contributed by atoms with Gasteiger partial charge in [0.1, 0.15) is 0 Å². The summed E-state index contributed by atoms with van der Waals surface area (Å²) in [5, 5.41) is 3.62. The molecule has 0 aromatic carbocycles. The number of nitrogens with zero attached hydrogens (tertiary/aromatic N) is 2. The largest absolute Gasteiger partial charge is 0.381 e. The van der Waals surface area contributed by atoms with E-state index in [9.17, 15) is 0 Å². The smallest absolute Gasteiger partial charge is 0.203 e. The van der Waals surface area contributed by atoms with Gasteiger partial charge in [0.25, 0.3) is 0 Å². The van der Waals surface area contributed by atoms with Crippen molar-refractivity contribution in [2.45, 2.75) is 51.6 Å². The summed E-state index contributed by atoms with van der Waals surface area (Å²) in [5.41, 5.74) is 1.11. The van der Waals surface area contributed by atoms with E-state index < -0.39 is 0 Å². The van der Waals surface area contributed by atoms with Crippen LogP contribution in [0.4, 0.5) is 5.95 Å². The lowest BCUT2D eigenvalue weighted by atomic mass is 10.1. The Morgan fingerprint density at radius 2 is 2.22 bits per heavy atom. The third kappa shape index (κ3) is 2.69. The number of aryl methyl sites for hydroxylation is 1. The number of hydrogen-bond donors (Lipinski definition) is 1. The molecule has 1 unspecified atom stereocenters. The van der Waals surface area contributed by atoms with E-state index in [0.717, 1.165) is 31.4 Å². The second-order valence-corrected chi connectivity index (χ2v) is 5.71. The third-order valence-electron chi connectivity index (χ3n) is 4.06. The Bertz CT molecular complexity index is 354. The Kier molecular flexibility index (Phi) is 3.55. The summed E-state index contributed by atoms with van der Waals surface area (Å²) in [6, 6.07) is 0.630. The van der Waals surface area contributed by atoms with Gasteiger partial charge in [-0.05, 0) is 26.2 Å². The molecule has 1 N–H and O–H groups in total. The first kappa shape index (κ1) is 12.0. The molecule has 100 valence electrons. The maximum absolute atomic E-state index is 5.46. The Morgan fingerprint density at radius 3 is 2.94 bits per heavy atom. The van der Waals surface area contributed by atoms with Gasteiger partial charge in [0, 0.05) is 31.3 Å². The van der Waals surface area contributed by atoms with Gasteiger partial charge >= 0.3 is 0 Å². The molecule has 2 aliphatic rings.